The Morgan fingerprint density at radius 1 is 1.56 bits per heavy atom. The first kappa shape index (κ1) is 6.17. The first-order valence-electron chi connectivity index (χ1n) is 3.61. The van der Waals surface area contributed by atoms with E-state index in [4.69, 9.17) is 4.74 Å². The molecule has 0 N–H and O–H groups in total. The normalized spacial score (nSPS) is 48.3. The summed E-state index contributed by atoms with van der Waals surface area (Å²) in [6, 6.07) is 0. The fourth-order valence-electron chi connectivity index (χ4n) is 1.78. The second kappa shape index (κ2) is 2.24. The van der Waals surface area contributed by atoms with Crippen molar-refractivity contribution in [2.75, 3.05) is 11.9 Å². The molecular weight excluding hydrogens is 180 g/mol. The van der Waals surface area contributed by atoms with E-state index in [1.54, 1.807) is 0 Å². The predicted molar refractivity (Wildman–Crippen MR) is 39.7 cm³/mol. The van der Waals surface area contributed by atoms with Crippen molar-refractivity contribution in [2.45, 2.75) is 18.9 Å². The monoisotopic (exact) mass is 190 g/mol. The lowest BCUT2D eigenvalue weighted by Gasteiger charge is -2.07. The quantitative estimate of drug-likeness (QED) is 0.574. The molecule has 0 amide bonds. The summed E-state index contributed by atoms with van der Waals surface area (Å²) in [4.78, 5) is 0. The number of halogens is 1. The number of rotatable bonds is 1. The van der Waals surface area contributed by atoms with Crippen LogP contribution in [0.25, 0.3) is 0 Å². The van der Waals surface area contributed by atoms with E-state index >= 15 is 0 Å². The van der Waals surface area contributed by atoms with E-state index in [0.717, 1.165) is 23.8 Å². The van der Waals surface area contributed by atoms with Crippen LogP contribution in [0.15, 0.2) is 0 Å². The van der Waals surface area contributed by atoms with Crippen molar-refractivity contribution >= 4 is 15.9 Å². The maximum atomic E-state index is 5.53. The molecule has 52 valence electrons. The molecule has 9 heavy (non-hydrogen) atoms. The first-order chi connectivity index (χ1) is 4.43. The third-order valence-electron chi connectivity index (χ3n) is 2.42. The number of hydrogen-bond acceptors (Lipinski definition) is 1. The van der Waals surface area contributed by atoms with Gasteiger partial charge in [0.25, 0.3) is 0 Å². The van der Waals surface area contributed by atoms with Gasteiger partial charge in [0.2, 0.25) is 0 Å². The molecule has 1 aliphatic heterocycles. The van der Waals surface area contributed by atoms with Crippen LogP contribution < -0.4 is 0 Å². The molecule has 1 heterocycles. The summed E-state index contributed by atoms with van der Waals surface area (Å²) in [7, 11) is 0. The zero-order chi connectivity index (χ0) is 6.27. The SMILES string of the molecule is BrC[C@H]1[C@@H]2CCCO[C@H]12. The zero-order valence-electron chi connectivity index (χ0n) is 5.35. The lowest BCUT2D eigenvalue weighted by Crippen LogP contribution is -2.05. The summed E-state index contributed by atoms with van der Waals surface area (Å²) in [5.41, 5.74) is 0. The minimum atomic E-state index is 0.637. The van der Waals surface area contributed by atoms with Crippen LogP contribution in [0, 0.1) is 11.8 Å². The van der Waals surface area contributed by atoms with Crippen molar-refractivity contribution in [2.24, 2.45) is 11.8 Å². The molecule has 0 radical (unpaired) electrons. The number of ether oxygens (including phenoxy) is 1. The van der Waals surface area contributed by atoms with Crippen LogP contribution in [0.4, 0.5) is 0 Å². The smallest absolute Gasteiger partial charge is 0.0646 e. The average Bonchev–Trinajstić information content (AvgIpc) is 2.60. The van der Waals surface area contributed by atoms with Gasteiger partial charge in [-0.05, 0) is 18.8 Å². The average molecular weight is 191 g/mol. The molecule has 0 spiro atoms. The Hall–Kier alpha value is 0.440. The summed E-state index contributed by atoms with van der Waals surface area (Å²) < 4.78 is 5.53. The zero-order valence-corrected chi connectivity index (χ0v) is 6.93. The summed E-state index contributed by atoms with van der Waals surface area (Å²) in [6.45, 7) is 1.00. The van der Waals surface area contributed by atoms with Crippen molar-refractivity contribution in [3.05, 3.63) is 0 Å². The highest BCUT2D eigenvalue weighted by Gasteiger charge is 2.51. The van der Waals surface area contributed by atoms with Crippen molar-refractivity contribution in [1.82, 2.24) is 0 Å². The van der Waals surface area contributed by atoms with Crippen LogP contribution in [-0.4, -0.2) is 18.0 Å². The van der Waals surface area contributed by atoms with Crippen LogP contribution in [0.1, 0.15) is 12.8 Å². The first-order valence-corrected chi connectivity index (χ1v) is 4.73. The van der Waals surface area contributed by atoms with Crippen LogP contribution >= 0.6 is 15.9 Å². The molecule has 1 saturated carbocycles. The fraction of sp³-hybridized carbons (Fsp3) is 1.00. The standard InChI is InChI=1S/C7H11BrO/c8-4-6-5-2-1-3-9-7(5)6/h5-7H,1-4H2/t5-,6-,7-/m0/s1. The van der Waals surface area contributed by atoms with Gasteiger partial charge in [-0.25, -0.2) is 0 Å². The van der Waals surface area contributed by atoms with Gasteiger partial charge in [-0.3, -0.25) is 0 Å². The molecule has 2 rings (SSSR count). The summed E-state index contributed by atoms with van der Waals surface area (Å²) in [5, 5.41) is 1.14. The second-order valence-electron chi connectivity index (χ2n) is 2.96. The Morgan fingerprint density at radius 2 is 2.44 bits per heavy atom. The maximum absolute atomic E-state index is 5.53. The molecule has 1 saturated heterocycles. The highest BCUT2D eigenvalue weighted by molar-refractivity contribution is 9.09. The minimum Gasteiger partial charge on any atom is -0.378 e. The number of hydrogen-bond donors (Lipinski definition) is 0. The summed E-state index contributed by atoms with van der Waals surface area (Å²) in [5.74, 6) is 1.77. The fourth-order valence-corrected chi connectivity index (χ4v) is 2.62. The van der Waals surface area contributed by atoms with Gasteiger partial charge < -0.3 is 4.74 Å². The van der Waals surface area contributed by atoms with E-state index in [0.29, 0.717) is 6.10 Å². The van der Waals surface area contributed by atoms with Gasteiger partial charge in [0.05, 0.1) is 6.10 Å². The molecule has 1 nitrogen and oxygen atoms in total. The van der Waals surface area contributed by atoms with E-state index in [2.05, 4.69) is 15.9 Å². The van der Waals surface area contributed by atoms with Crippen molar-refractivity contribution in [1.29, 1.82) is 0 Å². The molecule has 2 heteroatoms. The molecule has 0 aromatic rings. The molecule has 1 aliphatic carbocycles. The molecule has 2 fully saturated rings. The molecule has 2 aliphatic rings. The topological polar surface area (TPSA) is 9.23 Å². The highest BCUT2D eigenvalue weighted by atomic mass is 79.9. The highest BCUT2D eigenvalue weighted by Crippen LogP contribution is 2.48. The van der Waals surface area contributed by atoms with Crippen molar-refractivity contribution in [3.63, 3.8) is 0 Å². The molecule has 0 aromatic carbocycles. The Balaban J connectivity index is 1.91. The van der Waals surface area contributed by atoms with Gasteiger partial charge in [0.15, 0.2) is 0 Å². The lowest BCUT2D eigenvalue weighted by molar-refractivity contribution is 0.0763. The molecule has 0 aromatic heterocycles. The third kappa shape index (κ3) is 0.926. The number of fused-ring (bicyclic) bond motifs is 1. The number of alkyl halides is 1. The van der Waals surface area contributed by atoms with Gasteiger partial charge in [-0.15, -0.1) is 0 Å². The van der Waals surface area contributed by atoms with Crippen LogP contribution in [0.2, 0.25) is 0 Å². The Kier molecular flexibility index (Phi) is 1.54. The molecule has 0 unspecified atom stereocenters. The molecular formula is C7H11BrO. The van der Waals surface area contributed by atoms with E-state index in [-0.39, 0.29) is 0 Å². The predicted octanol–water partition coefficient (Wildman–Crippen LogP) is 1.81. The summed E-state index contributed by atoms with van der Waals surface area (Å²) in [6.07, 6.45) is 3.32. The van der Waals surface area contributed by atoms with E-state index in [9.17, 15) is 0 Å². The largest absolute Gasteiger partial charge is 0.378 e. The Bertz CT molecular complexity index is 96.7. The van der Waals surface area contributed by atoms with Crippen molar-refractivity contribution < 1.29 is 4.74 Å². The molecule has 3 atom stereocenters. The van der Waals surface area contributed by atoms with E-state index in [1.807, 2.05) is 0 Å². The van der Waals surface area contributed by atoms with E-state index in [1.165, 1.54) is 12.8 Å². The van der Waals surface area contributed by atoms with Crippen LogP contribution in [0.5, 0.6) is 0 Å². The van der Waals surface area contributed by atoms with Crippen molar-refractivity contribution in [3.8, 4) is 0 Å². The molecule has 0 bridgehead atoms. The van der Waals surface area contributed by atoms with Gasteiger partial charge in [0.1, 0.15) is 0 Å². The Labute approximate surface area is 63.9 Å². The second-order valence-corrected chi connectivity index (χ2v) is 3.61. The van der Waals surface area contributed by atoms with E-state index < -0.39 is 0 Å². The van der Waals surface area contributed by atoms with Gasteiger partial charge in [0, 0.05) is 17.9 Å². The van der Waals surface area contributed by atoms with Gasteiger partial charge in [-0.1, -0.05) is 15.9 Å². The third-order valence-corrected chi connectivity index (χ3v) is 3.17. The van der Waals surface area contributed by atoms with Crippen LogP contribution in [0.3, 0.4) is 0 Å². The lowest BCUT2D eigenvalue weighted by atomic mass is 10.2. The van der Waals surface area contributed by atoms with Gasteiger partial charge >= 0.3 is 0 Å². The Morgan fingerprint density at radius 3 is 3.00 bits per heavy atom. The van der Waals surface area contributed by atoms with Gasteiger partial charge in [-0.2, -0.15) is 0 Å². The van der Waals surface area contributed by atoms with Crippen LogP contribution in [-0.2, 0) is 4.74 Å². The maximum Gasteiger partial charge on any atom is 0.0646 e. The minimum absolute atomic E-state index is 0.637. The summed E-state index contributed by atoms with van der Waals surface area (Å²) >= 11 is 3.49.